The zero-order valence-electron chi connectivity index (χ0n) is 14.2. The van der Waals surface area contributed by atoms with Crippen molar-refractivity contribution in [2.45, 2.75) is 20.8 Å². The lowest BCUT2D eigenvalue weighted by atomic mass is 9.82. The van der Waals surface area contributed by atoms with E-state index in [1.54, 1.807) is 6.92 Å². The number of hydrogen-bond acceptors (Lipinski definition) is 7. The number of rotatable bonds is 2. The Morgan fingerprint density at radius 2 is 1.31 bits per heavy atom. The number of fused-ring (bicyclic) bond motifs is 2. The van der Waals surface area contributed by atoms with Crippen molar-refractivity contribution in [3.05, 3.63) is 52.1 Å². The molecule has 2 aromatic carbocycles. The summed E-state index contributed by atoms with van der Waals surface area (Å²) in [6.07, 6.45) is 0. The van der Waals surface area contributed by atoms with Gasteiger partial charge >= 0.3 is 11.9 Å². The molecule has 2 aromatic rings. The summed E-state index contributed by atoms with van der Waals surface area (Å²) in [5, 5.41) is 9.84. The summed E-state index contributed by atoms with van der Waals surface area (Å²) in [6, 6.07) is 5.19. The van der Waals surface area contributed by atoms with Gasteiger partial charge < -0.3 is 14.6 Å². The predicted molar refractivity (Wildman–Crippen MR) is 88.8 cm³/mol. The molecule has 0 spiro atoms. The maximum Gasteiger partial charge on any atom is 0.308 e. The van der Waals surface area contributed by atoms with Gasteiger partial charge in [0.2, 0.25) is 5.78 Å². The highest BCUT2D eigenvalue weighted by Gasteiger charge is 2.36. The predicted octanol–water partition coefficient (Wildman–Crippen LogP) is 2.33. The molecule has 0 heterocycles. The van der Waals surface area contributed by atoms with Gasteiger partial charge in [0.1, 0.15) is 17.2 Å². The summed E-state index contributed by atoms with van der Waals surface area (Å²) in [4.78, 5) is 48.7. The second-order valence-corrected chi connectivity index (χ2v) is 5.90. The summed E-state index contributed by atoms with van der Waals surface area (Å²) in [7, 11) is 0. The highest BCUT2D eigenvalue weighted by atomic mass is 16.5. The highest BCUT2D eigenvalue weighted by Crippen LogP contribution is 2.40. The molecule has 0 aromatic heterocycles. The second-order valence-electron chi connectivity index (χ2n) is 5.90. The number of carbonyl (C=O) groups excluding carboxylic acids is 4. The topological polar surface area (TPSA) is 107 Å². The van der Waals surface area contributed by atoms with Crippen LogP contribution in [-0.4, -0.2) is 28.6 Å². The van der Waals surface area contributed by atoms with Crippen LogP contribution >= 0.6 is 0 Å². The van der Waals surface area contributed by atoms with Crippen LogP contribution in [0.2, 0.25) is 0 Å². The first-order valence-corrected chi connectivity index (χ1v) is 7.67. The van der Waals surface area contributed by atoms with Crippen LogP contribution in [0.25, 0.3) is 0 Å². The van der Waals surface area contributed by atoms with Crippen LogP contribution < -0.4 is 9.47 Å². The Bertz CT molecular complexity index is 924. The number of aromatic hydroxyl groups is 1. The van der Waals surface area contributed by atoms with Crippen molar-refractivity contribution in [3.8, 4) is 17.2 Å². The molecule has 0 saturated heterocycles. The van der Waals surface area contributed by atoms with Crippen molar-refractivity contribution in [2.75, 3.05) is 0 Å². The van der Waals surface area contributed by atoms with Crippen molar-refractivity contribution >= 4 is 23.5 Å². The van der Waals surface area contributed by atoms with Crippen LogP contribution in [0.15, 0.2) is 24.3 Å². The van der Waals surface area contributed by atoms with E-state index in [0.29, 0.717) is 5.56 Å². The van der Waals surface area contributed by atoms with Gasteiger partial charge in [0, 0.05) is 31.0 Å². The van der Waals surface area contributed by atoms with Gasteiger partial charge in [0.15, 0.2) is 5.78 Å². The Kier molecular flexibility index (Phi) is 4.07. The molecule has 26 heavy (non-hydrogen) atoms. The standard InChI is InChI=1S/C19H14O7/c1-8-4-12-16(14(5-8)25-9(2)20)19(24)17-13(18(12)23)6-11(22)7-15(17)26-10(3)21/h4-7,22H,1-3H3. The van der Waals surface area contributed by atoms with E-state index in [2.05, 4.69) is 0 Å². The minimum atomic E-state index is -0.715. The van der Waals surface area contributed by atoms with E-state index >= 15 is 0 Å². The van der Waals surface area contributed by atoms with Crippen molar-refractivity contribution in [2.24, 2.45) is 0 Å². The zero-order valence-corrected chi connectivity index (χ0v) is 14.2. The van der Waals surface area contributed by atoms with Crippen molar-refractivity contribution in [1.82, 2.24) is 0 Å². The lowest BCUT2D eigenvalue weighted by Crippen LogP contribution is -2.24. The Morgan fingerprint density at radius 1 is 0.808 bits per heavy atom. The van der Waals surface area contributed by atoms with E-state index in [4.69, 9.17) is 9.47 Å². The summed E-state index contributed by atoms with van der Waals surface area (Å²) in [6.45, 7) is 4.00. The summed E-state index contributed by atoms with van der Waals surface area (Å²) in [5.74, 6) is -3.14. The fourth-order valence-corrected chi connectivity index (χ4v) is 2.92. The monoisotopic (exact) mass is 354 g/mol. The maximum atomic E-state index is 13.1. The number of ether oxygens (including phenoxy) is 2. The molecule has 3 rings (SSSR count). The first-order valence-electron chi connectivity index (χ1n) is 7.67. The van der Waals surface area contributed by atoms with Gasteiger partial charge in [-0.1, -0.05) is 0 Å². The fourth-order valence-electron chi connectivity index (χ4n) is 2.92. The van der Waals surface area contributed by atoms with Crippen LogP contribution in [-0.2, 0) is 9.59 Å². The van der Waals surface area contributed by atoms with Crippen LogP contribution in [0.5, 0.6) is 17.2 Å². The van der Waals surface area contributed by atoms with E-state index in [1.807, 2.05) is 0 Å². The molecule has 1 aliphatic carbocycles. The average Bonchev–Trinajstić information content (AvgIpc) is 2.50. The molecule has 7 heteroatoms. The van der Waals surface area contributed by atoms with Gasteiger partial charge in [-0.2, -0.15) is 0 Å². The lowest BCUT2D eigenvalue weighted by Gasteiger charge is -2.22. The molecule has 7 nitrogen and oxygen atoms in total. The molecule has 0 unspecified atom stereocenters. The molecule has 0 saturated carbocycles. The maximum absolute atomic E-state index is 13.1. The van der Waals surface area contributed by atoms with Gasteiger partial charge in [-0.15, -0.1) is 0 Å². The highest BCUT2D eigenvalue weighted by molar-refractivity contribution is 6.30. The lowest BCUT2D eigenvalue weighted by molar-refractivity contribution is -0.132. The normalized spacial score (nSPS) is 12.3. The molecule has 1 aliphatic rings. The van der Waals surface area contributed by atoms with E-state index in [0.717, 1.165) is 19.1 Å². The van der Waals surface area contributed by atoms with Gasteiger partial charge in [0.25, 0.3) is 0 Å². The van der Waals surface area contributed by atoms with Crippen molar-refractivity contribution < 1.29 is 33.8 Å². The third-order valence-electron chi connectivity index (χ3n) is 3.78. The molecule has 1 N–H and O–H groups in total. The number of benzene rings is 2. The number of aryl methyl sites for hydroxylation is 1. The van der Waals surface area contributed by atoms with Gasteiger partial charge in [-0.3, -0.25) is 19.2 Å². The third kappa shape index (κ3) is 2.83. The number of phenols is 1. The number of carbonyl (C=O) groups is 4. The van der Waals surface area contributed by atoms with E-state index in [9.17, 15) is 24.3 Å². The van der Waals surface area contributed by atoms with Gasteiger partial charge in [-0.25, -0.2) is 0 Å². The van der Waals surface area contributed by atoms with Crippen LogP contribution in [0.4, 0.5) is 0 Å². The largest absolute Gasteiger partial charge is 0.508 e. The Balaban J connectivity index is 2.31. The van der Waals surface area contributed by atoms with Crippen molar-refractivity contribution in [1.29, 1.82) is 0 Å². The Morgan fingerprint density at radius 3 is 1.85 bits per heavy atom. The molecule has 0 bridgehead atoms. The molecule has 0 radical (unpaired) electrons. The number of phenolic OH excluding ortho intramolecular Hbond substituents is 1. The molecule has 132 valence electrons. The number of esters is 2. The summed E-state index contributed by atoms with van der Waals surface area (Å²) >= 11 is 0. The Hall–Kier alpha value is -3.48. The van der Waals surface area contributed by atoms with E-state index in [-0.39, 0.29) is 39.5 Å². The molecule has 0 fully saturated rings. The number of ketones is 2. The first kappa shape index (κ1) is 17.3. The third-order valence-corrected chi connectivity index (χ3v) is 3.78. The molecule has 0 atom stereocenters. The fraction of sp³-hybridized carbons (Fsp3) is 0.158. The number of hydrogen-bond donors (Lipinski definition) is 1. The van der Waals surface area contributed by atoms with Crippen molar-refractivity contribution in [3.63, 3.8) is 0 Å². The van der Waals surface area contributed by atoms with Gasteiger partial charge in [-0.05, 0) is 30.7 Å². The Labute approximate surface area is 148 Å². The molecular formula is C19H14O7. The van der Waals surface area contributed by atoms with Crippen LogP contribution in [0.3, 0.4) is 0 Å². The first-order chi connectivity index (χ1) is 12.2. The second kappa shape index (κ2) is 6.11. The SMILES string of the molecule is CC(=O)Oc1cc(C)cc2c1C(=O)c1c(OC(C)=O)cc(O)cc1C2=O. The quantitative estimate of drug-likeness (QED) is 0.556. The summed E-state index contributed by atoms with van der Waals surface area (Å²) < 4.78 is 10.1. The minimum absolute atomic E-state index is 0.0432. The molecular weight excluding hydrogens is 340 g/mol. The van der Waals surface area contributed by atoms with Gasteiger partial charge in [0.05, 0.1) is 11.1 Å². The van der Waals surface area contributed by atoms with E-state index in [1.165, 1.54) is 19.1 Å². The smallest absolute Gasteiger partial charge is 0.308 e. The summed E-state index contributed by atoms with van der Waals surface area (Å²) in [5.41, 5.74) is 0.344. The minimum Gasteiger partial charge on any atom is -0.508 e. The zero-order chi connectivity index (χ0) is 19.2. The molecule has 0 amide bonds. The molecule has 0 aliphatic heterocycles. The van der Waals surface area contributed by atoms with Crippen LogP contribution in [0, 0.1) is 6.92 Å². The van der Waals surface area contributed by atoms with Crippen LogP contribution in [0.1, 0.15) is 51.3 Å². The van der Waals surface area contributed by atoms with E-state index < -0.39 is 23.5 Å². The average molecular weight is 354 g/mol.